The van der Waals surface area contributed by atoms with Crippen LogP contribution in [0.1, 0.15) is 23.6 Å². The van der Waals surface area contributed by atoms with Gasteiger partial charge in [-0.2, -0.15) is 0 Å². The van der Waals surface area contributed by atoms with Crippen molar-refractivity contribution in [3.8, 4) is 11.5 Å². The van der Waals surface area contributed by atoms with Crippen LogP contribution in [0.5, 0.6) is 11.5 Å². The van der Waals surface area contributed by atoms with Gasteiger partial charge in [0, 0.05) is 19.3 Å². The molecule has 0 unspecified atom stereocenters. The molecule has 5 heteroatoms. The van der Waals surface area contributed by atoms with Crippen molar-refractivity contribution in [1.29, 1.82) is 0 Å². The van der Waals surface area contributed by atoms with E-state index in [1.807, 2.05) is 24.1 Å². The van der Waals surface area contributed by atoms with Crippen molar-refractivity contribution in [3.63, 3.8) is 0 Å². The van der Waals surface area contributed by atoms with E-state index >= 15 is 0 Å². The maximum Gasteiger partial charge on any atom is 0.173 e. The lowest BCUT2D eigenvalue weighted by atomic mass is 10.1. The molecule has 0 aliphatic carbocycles. The Labute approximate surface area is 155 Å². The van der Waals surface area contributed by atoms with Gasteiger partial charge in [0.2, 0.25) is 0 Å². The Hall–Kier alpha value is -2.27. The number of thiocarbonyl (C=S) groups is 1. The Kier molecular flexibility index (Phi) is 6.65. The molecule has 0 saturated heterocycles. The number of benzene rings is 2. The van der Waals surface area contributed by atoms with E-state index < -0.39 is 0 Å². The van der Waals surface area contributed by atoms with Gasteiger partial charge >= 0.3 is 0 Å². The molecule has 0 aromatic heterocycles. The largest absolute Gasteiger partial charge is 0.493 e. The van der Waals surface area contributed by atoms with Gasteiger partial charge in [-0.25, -0.2) is 0 Å². The highest BCUT2D eigenvalue weighted by atomic mass is 32.1. The van der Waals surface area contributed by atoms with Gasteiger partial charge in [-0.15, -0.1) is 0 Å². The maximum absolute atomic E-state index is 5.53. The van der Waals surface area contributed by atoms with E-state index in [2.05, 4.69) is 43.4 Å². The fourth-order valence-electron chi connectivity index (χ4n) is 2.56. The van der Waals surface area contributed by atoms with Crippen LogP contribution in [-0.2, 0) is 13.0 Å². The molecule has 2 rings (SSSR count). The lowest BCUT2D eigenvalue weighted by molar-refractivity contribution is 0.353. The quantitative estimate of drug-likeness (QED) is 0.774. The predicted molar refractivity (Wildman–Crippen MR) is 108 cm³/mol. The van der Waals surface area contributed by atoms with Crippen molar-refractivity contribution in [3.05, 3.63) is 53.1 Å². The Morgan fingerprint density at radius 2 is 1.68 bits per heavy atom. The zero-order chi connectivity index (χ0) is 18.4. The molecule has 0 bridgehead atoms. The summed E-state index contributed by atoms with van der Waals surface area (Å²) in [5.74, 6) is 1.47. The van der Waals surface area contributed by atoms with Crippen LogP contribution in [0.2, 0.25) is 0 Å². The van der Waals surface area contributed by atoms with E-state index in [1.165, 1.54) is 5.56 Å². The number of nitrogens with zero attached hydrogens (tertiary/aromatic N) is 1. The Morgan fingerprint density at radius 1 is 1.08 bits per heavy atom. The van der Waals surface area contributed by atoms with Crippen molar-refractivity contribution in [2.45, 2.75) is 26.8 Å². The first-order valence-corrected chi connectivity index (χ1v) is 8.71. The molecule has 0 radical (unpaired) electrons. The monoisotopic (exact) mass is 358 g/mol. The first-order chi connectivity index (χ1) is 12.0. The fourth-order valence-corrected chi connectivity index (χ4v) is 2.75. The van der Waals surface area contributed by atoms with Crippen LogP contribution in [0.25, 0.3) is 0 Å². The first-order valence-electron chi connectivity index (χ1n) is 8.31. The number of rotatable bonds is 6. The van der Waals surface area contributed by atoms with Gasteiger partial charge < -0.3 is 19.7 Å². The second-order valence-corrected chi connectivity index (χ2v) is 6.36. The Bertz CT molecular complexity index is 729. The molecule has 2 aromatic carbocycles. The molecule has 0 aliphatic rings. The van der Waals surface area contributed by atoms with Gasteiger partial charge in [-0.1, -0.05) is 19.1 Å². The van der Waals surface area contributed by atoms with Crippen molar-refractivity contribution in [2.75, 3.05) is 26.6 Å². The molecular formula is C20H26N2O2S. The van der Waals surface area contributed by atoms with Crippen LogP contribution >= 0.6 is 12.2 Å². The third-order valence-electron chi connectivity index (χ3n) is 4.21. The average Bonchev–Trinajstić information content (AvgIpc) is 2.63. The summed E-state index contributed by atoms with van der Waals surface area (Å²) in [6.07, 6.45) is 1.03. The van der Waals surface area contributed by atoms with Crippen molar-refractivity contribution >= 4 is 23.0 Å². The molecular weight excluding hydrogens is 332 g/mol. The van der Waals surface area contributed by atoms with Gasteiger partial charge in [0.1, 0.15) is 0 Å². The number of aryl methyl sites for hydroxylation is 2. The summed E-state index contributed by atoms with van der Waals surface area (Å²) in [4.78, 5) is 2.01. The van der Waals surface area contributed by atoms with Gasteiger partial charge in [0.15, 0.2) is 16.6 Å². The molecule has 0 fully saturated rings. The summed E-state index contributed by atoms with van der Waals surface area (Å²) in [5.41, 5.74) is 4.59. The number of ether oxygens (including phenoxy) is 2. The fraction of sp³-hybridized carbons (Fsp3) is 0.350. The minimum absolute atomic E-state index is 0.679. The van der Waals surface area contributed by atoms with E-state index in [1.54, 1.807) is 14.2 Å². The summed E-state index contributed by atoms with van der Waals surface area (Å²) in [5, 5.41) is 3.96. The average molecular weight is 359 g/mol. The lowest BCUT2D eigenvalue weighted by Crippen LogP contribution is -2.30. The summed E-state index contributed by atoms with van der Waals surface area (Å²) < 4.78 is 10.7. The highest BCUT2D eigenvalue weighted by molar-refractivity contribution is 7.80. The molecule has 4 nitrogen and oxygen atoms in total. The van der Waals surface area contributed by atoms with Gasteiger partial charge in [0.25, 0.3) is 0 Å². The van der Waals surface area contributed by atoms with E-state index in [-0.39, 0.29) is 0 Å². The molecule has 25 heavy (non-hydrogen) atoms. The highest BCUT2D eigenvalue weighted by Gasteiger charge is 2.12. The van der Waals surface area contributed by atoms with Crippen molar-refractivity contribution in [2.24, 2.45) is 0 Å². The van der Waals surface area contributed by atoms with Crippen LogP contribution in [0.4, 0.5) is 5.69 Å². The highest BCUT2D eigenvalue weighted by Crippen LogP contribution is 2.30. The van der Waals surface area contributed by atoms with E-state index in [0.717, 1.165) is 34.7 Å². The molecule has 0 atom stereocenters. The molecule has 2 aromatic rings. The molecule has 1 N–H and O–H groups in total. The smallest absolute Gasteiger partial charge is 0.173 e. The number of hydrogen-bond donors (Lipinski definition) is 1. The minimum atomic E-state index is 0.679. The number of methoxy groups -OCH3 is 2. The molecule has 0 saturated carbocycles. The van der Waals surface area contributed by atoms with Crippen LogP contribution in [0.3, 0.4) is 0 Å². The topological polar surface area (TPSA) is 33.7 Å². The Balaban J connectivity index is 2.07. The van der Waals surface area contributed by atoms with E-state index in [9.17, 15) is 0 Å². The molecule has 0 aliphatic heterocycles. The minimum Gasteiger partial charge on any atom is -0.493 e. The van der Waals surface area contributed by atoms with Gasteiger partial charge in [-0.05, 0) is 66.5 Å². The SMILES string of the molecule is CCc1ccc(NC(=S)N(C)Cc2cc(OC)c(OC)cc2C)cc1. The van der Waals surface area contributed by atoms with Crippen molar-refractivity contribution in [1.82, 2.24) is 4.90 Å². The molecule has 0 amide bonds. The molecule has 0 heterocycles. The first kappa shape index (κ1) is 19.1. The number of anilines is 1. The van der Waals surface area contributed by atoms with Crippen LogP contribution in [0.15, 0.2) is 36.4 Å². The molecule has 0 spiro atoms. The third-order valence-corrected chi connectivity index (χ3v) is 4.62. The second-order valence-electron chi connectivity index (χ2n) is 5.97. The van der Waals surface area contributed by atoms with Gasteiger partial charge in [-0.3, -0.25) is 0 Å². The summed E-state index contributed by atoms with van der Waals surface area (Å²) >= 11 is 5.53. The Morgan fingerprint density at radius 3 is 2.24 bits per heavy atom. The zero-order valence-electron chi connectivity index (χ0n) is 15.6. The number of nitrogens with one attached hydrogen (secondary N) is 1. The van der Waals surface area contributed by atoms with E-state index in [4.69, 9.17) is 21.7 Å². The lowest BCUT2D eigenvalue weighted by Gasteiger charge is -2.23. The van der Waals surface area contributed by atoms with E-state index in [0.29, 0.717) is 11.7 Å². The maximum atomic E-state index is 5.53. The standard InChI is InChI=1S/C20H26N2O2S/c1-6-15-7-9-17(10-8-15)21-20(25)22(3)13-16-12-19(24-5)18(23-4)11-14(16)2/h7-12H,6,13H2,1-5H3,(H,21,25). The van der Waals surface area contributed by atoms with Crippen LogP contribution in [-0.4, -0.2) is 31.3 Å². The van der Waals surface area contributed by atoms with Crippen LogP contribution in [0, 0.1) is 6.92 Å². The predicted octanol–water partition coefficient (Wildman–Crippen LogP) is 4.40. The molecule has 134 valence electrons. The van der Waals surface area contributed by atoms with Gasteiger partial charge in [0.05, 0.1) is 14.2 Å². The van der Waals surface area contributed by atoms with Crippen LogP contribution < -0.4 is 14.8 Å². The normalized spacial score (nSPS) is 10.3. The summed E-state index contributed by atoms with van der Waals surface area (Å²) in [6.45, 7) is 4.89. The van der Waals surface area contributed by atoms with Crippen molar-refractivity contribution < 1.29 is 9.47 Å². The summed E-state index contributed by atoms with van der Waals surface area (Å²) in [7, 11) is 5.27. The third kappa shape index (κ3) is 4.86. The number of hydrogen-bond acceptors (Lipinski definition) is 3. The second kappa shape index (κ2) is 8.72. The summed E-state index contributed by atoms with van der Waals surface area (Å²) in [6, 6.07) is 12.3. The zero-order valence-corrected chi connectivity index (χ0v) is 16.4.